The molecule has 2 heterocycles. The van der Waals surface area contributed by atoms with Gasteiger partial charge in [-0.05, 0) is 35.7 Å². The maximum absolute atomic E-state index is 12.2. The predicted octanol–water partition coefficient (Wildman–Crippen LogP) is 5.16. The van der Waals surface area contributed by atoms with Crippen molar-refractivity contribution in [1.29, 1.82) is 0 Å². The fraction of sp³-hybridized carbons (Fsp3) is 0.524. The number of piperazine rings is 1. The van der Waals surface area contributed by atoms with Crippen molar-refractivity contribution in [3.05, 3.63) is 33.1 Å². The van der Waals surface area contributed by atoms with E-state index in [4.69, 9.17) is 12.2 Å². The molecule has 0 aliphatic carbocycles. The van der Waals surface area contributed by atoms with E-state index < -0.39 is 0 Å². The van der Waals surface area contributed by atoms with E-state index in [0.29, 0.717) is 12.3 Å². The molecule has 1 fully saturated rings. The van der Waals surface area contributed by atoms with Crippen molar-refractivity contribution >= 4 is 38.8 Å². The Morgan fingerprint density at radius 2 is 1.93 bits per heavy atom. The topological polar surface area (TPSA) is 43.8 Å². The van der Waals surface area contributed by atoms with Crippen LogP contribution in [0.1, 0.15) is 38.3 Å². The van der Waals surface area contributed by atoms with Crippen LogP contribution in [-0.4, -0.2) is 47.0 Å². The molecule has 7 heteroatoms. The zero-order valence-electron chi connectivity index (χ0n) is 16.7. The van der Waals surface area contributed by atoms with Crippen LogP contribution in [0.5, 0.6) is 5.75 Å². The van der Waals surface area contributed by atoms with Crippen LogP contribution in [0.3, 0.4) is 0 Å². The van der Waals surface area contributed by atoms with Crippen molar-refractivity contribution in [3.63, 3.8) is 0 Å². The van der Waals surface area contributed by atoms with Crippen LogP contribution in [0.25, 0.3) is 10.4 Å². The zero-order valence-corrected chi connectivity index (χ0v) is 19.2. The zero-order chi connectivity index (χ0) is 20.3. The van der Waals surface area contributed by atoms with Gasteiger partial charge in [0.05, 0.1) is 4.88 Å². The van der Waals surface area contributed by atoms with Crippen LogP contribution in [-0.2, 0) is 17.8 Å². The van der Waals surface area contributed by atoms with Gasteiger partial charge in [-0.3, -0.25) is 9.69 Å². The number of phenols is 1. The minimum atomic E-state index is 0.0470. The molecule has 3 rings (SSSR count). The van der Waals surface area contributed by atoms with E-state index in [1.807, 2.05) is 24.8 Å². The van der Waals surface area contributed by atoms with Gasteiger partial charge in [-0.1, -0.05) is 60.1 Å². The summed E-state index contributed by atoms with van der Waals surface area (Å²) in [6, 6.07) is 5.89. The lowest BCUT2D eigenvalue weighted by atomic mass is 10.0. The summed E-state index contributed by atoms with van der Waals surface area (Å²) < 4.78 is 0.988. The number of aromatic hydroxyl groups is 1. The molecular weight excluding hydrogens is 408 g/mol. The van der Waals surface area contributed by atoms with E-state index in [1.54, 1.807) is 26.7 Å². The van der Waals surface area contributed by atoms with E-state index >= 15 is 0 Å². The summed E-state index contributed by atoms with van der Waals surface area (Å²) >= 11 is 5.52. The summed E-state index contributed by atoms with van der Waals surface area (Å²) in [6.07, 6.45) is 2.07. The van der Waals surface area contributed by atoms with Gasteiger partial charge in [-0.25, -0.2) is 0 Å². The number of phenolic OH excluding ortho intramolecular Hbond substituents is 1. The third-order valence-electron chi connectivity index (χ3n) is 5.13. The number of hydrogen-bond donors (Lipinski definition) is 1. The van der Waals surface area contributed by atoms with E-state index in [0.717, 1.165) is 54.0 Å². The second-order valence-corrected chi connectivity index (χ2v) is 10.4. The molecule has 4 nitrogen and oxygen atoms in total. The molecule has 1 aliphatic heterocycles. The van der Waals surface area contributed by atoms with E-state index in [2.05, 4.69) is 17.9 Å². The molecule has 1 saturated heterocycles. The molecule has 1 N–H and O–H groups in total. The average Bonchev–Trinajstić information content (AvgIpc) is 3.04. The van der Waals surface area contributed by atoms with Gasteiger partial charge in [0.2, 0.25) is 5.91 Å². The van der Waals surface area contributed by atoms with Gasteiger partial charge in [0.25, 0.3) is 0 Å². The highest BCUT2D eigenvalue weighted by atomic mass is 32.9. The Kier molecular flexibility index (Phi) is 7.25. The molecule has 0 atom stereocenters. The Hall–Kier alpha value is -1.28. The lowest BCUT2D eigenvalue weighted by Gasteiger charge is -2.35. The normalized spacial score (nSPS) is 15.4. The Labute approximate surface area is 179 Å². The van der Waals surface area contributed by atoms with Crippen LogP contribution in [0.15, 0.2) is 18.2 Å². The van der Waals surface area contributed by atoms with E-state index in [1.165, 1.54) is 10.4 Å². The monoisotopic (exact) mass is 436 g/mol. The first-order chi connectivity index (χ1) is 13.4. The first-order valence-corrected chi connectivity index (χ1v) is 12.4. The number of nitrogens with zero attached hydrogens (tertiary/aromatic N) is 2. The molecule has 0 spiro atoms. The number of rotatable bonds is 6. The van der Waals surface area contributed by atoms with Crippen molar-refractivity contribution < 1.29 is 9.90 Å². The molecular formula is C21H28N2O2S3. The molecule has 1 aromatic heterocycles. The van der Waals surface area contributed by atoms with Gasteiger partial charge >= 0.3 is 0 Å². The Morgan fingerprint density at radius 3 is 2.57 bits per heavy atom. The van der Waals surface area contributed by atoms with Gasteiger partial charge in [0, 0.05) is 44.2 Å². The average molecular weight is 437 g/mol. The lowest BCUT2D eigenvalue weighted by Crippen LogP contribution is -2.49. The molecule has 0 bridgehead atoms. The highest BCUT2D eigenvalue weighted by Crippen LogP contribution is 2.37. The summed E-state index contributed by atoms with van der Waals surface area (Å²) in [5, 5.41) is 10.4. The maximum Gasteiger partial charge on any atom is 0.225 e. The fourth-order valence-corrected chi connectivity index (χ4v) is 6.55. The van der Waals surface area contributed by atoms with Crippen LogP contribution >= 0.6 is 32.9 Å². The molecule has 1 aromatic carbocycles. The maximum atomic E-state index is 12.2. The number of benzene rings is 1. The van der Waals surface area contributed by atoms with Gasteiger partial charge in [-0.2, -0.15) is 0 Å². The van der Waals surface area contributed by atoms with Crippen molar-refractivity contribution in [2.75, 3.05) is 26.2 Å². The van der Waals surface area contributed by atoms with Crippen molar-refractivity contribution in [3.8, 4) is 16.2 Å². The van der Waals surface area contributed by atoms with Crippen LogP contribution < -0.4 is 0 Å². The minimum Gasteiger partial charge on any atom is -0.508 e. The fourth-order valence-electron chi connectivity index (χ4n) is 3.55. The second kappa shape index (κ2) is 9.48. The number of hydrogen-bond acceptors (Lipinski definition) is 6. The van der Waals surface area contributed by atoms with Crippen molar-refractivity contribution in [2.24, 2.45) is 5.92 Å². The molecule has 0 radical (unpaired) electrons. The van der Waals surface area contributed by atoms with Gasteiger partial charge < -0.3 is 10.0 Å². The second-order valence-electron chi connectivity index (χ2n) is 7.61. The smallest absolute Gasteiger partial charge is 0.225 e. The van der Waals surface area contributed by atoms with E-state index in [9.17, 15) is 9.90 Å². The largest absolute Gasteiger partial charge is 0.508 e. The first kappa shape index (κ1) is 21.4. The van der Waals surface area contributed by atoms with Crippen LogP contribution in [0, 0.1) is 9.74 Å². The quantitative estimate of drug-likeness (QED) is 0.501. The molecule has 28 heavy (non-hydrogen) atoms. The van der Waals surface area contributed by atoms with Crippen LogP contribution in [0.2, 0.25) is 0 Å². The summed E-state index contributed by atoms with van der Waals surface area (Å²) in [5.41, 5.74) is 3.35. The lowest BCUT2D eigenvalue weighted by molar-refractivity contribution is -0.136. The summed E-state index contributed by atoms with van der Waals surface area (Å²) in [7, 11) is 3.40. The summed E-state index contributed by atoms with van der Waals surface area (Å²) in [5.74, 6) is 0.609. The molecule has 152 valence electrons. The van der Waals surface area contributed by atoms with Gasteiger partial charge in [0.1, 0.15) is 9.57 Å². The molecule has 0 unspecified atom stereocenters. The summed E-state index contributed by atoms with van der Waals surface area (Å²) in [4.78, 5) is 17.7. The number of carbonyl (C=O) groups is 1. The van der Waals surface area contributed by atoms with Crippen molar-refractivity contribution in [1.82, 2.24) is 9.80 Å². The summed E-state index contributed by atoms with van der Waals surface area (Å²) in [6.45, 7) is 9.94. The van der Waals surface area contributed by atoms with Gasteiger partial charge in [0.15, 0.2) is 0 Å². The molecule has 1 amide bonds. The predicted molar refractivity (Wildman–Crippen MR) is 121 cm³/mol. The molecule has 1 aliphatic rings. The Morgan fingerprint density at radius 1 is 1.21 bits per heavy atom. The van der Waals surface area contributed by atoms with Gasteiger partial charge in [-0.15, -0.1) is 0 Å². The minimum absolute atomic E-state index is 0.0470. The molecule has 2 aromatic rings. The first-order valence-electron chi connectivity index (χ1n) is 9.86. The third-order valence-corrected chi connectivity index (χ3v) is 8.33. The highest BCUT2D eigenvalue weighted by molar-refractivity contribution is 7.80. The third kappa shape index (κ3) is 4.82. The Bertz CT molecular complexity index is 880. The van der Waals surface area contributed by atoms with E-state index in [-0.39, 0.29) is 11.8 Å². The van der Waals surface area contributed by atoms with Crippen LogP contribution in [0.4, 0.5) is 0 Å². The standard InChI is InChI=1S/C21H28N2O2S3/c1-4-5-17-19(27-28-21(17)26)15-6-7-18(24)16(12-15)13-22-8-10-23(11-9-22)20(25)14(2)3/h6-7,12,14,24H,4-5,8-11,13H2,1-3H3. The van der Waals surface area contributed by atoms with Crippen molar-refractivity contribution in [2.45, 2.75) is 40.2 Å². The SMILES string of the molecule is CCCc1c(-c2ccc(O)c(CN3CCN(C(=O)C(C)C)CC3)c2)ssc1=S. The highest BCUT2D eigenvalue weighted by Gasteiger charge is 2.23. The molecule has 0 saturated carbocycles. The number of carbonyl (C=O) groups excluding carboxylic acids is 1. The number of amides is 1. The Balaban J connectivity index is 1.73.